The third-order valence-corrected chi connectivity index (χ3v) is 12.8. The number of fused-ring (bicyclic) bond motifs is 4. The molecule has 12 heteroatoms. The molecule has 3 aliphatic carbocycles. The van der Waals surface area contributed by atoms with E-state index in [9.17, 15) is 15.3 Å². The minimum atomic E-state index is -0.443. The molecule has 0 unspecified atom stereocenters. The third-order valence-electron chi connectivity index (χ3n) is 12.8. The molecule has 3 saturated carbocycles. The van der Waals surface area contributed by atoms with Crippen molar-refractivity contribution in [1.82, 2.24) is 34.1 Å². The number of hydrogen-bond acceptors (Lipinski definition) is 8. The number of hydrogen-bond donors (Lipinski definition) is 5. The number of aromatic nitrogens is 7. The van der Waals surface area contributed by atoms with Crippen LogP contribution < -0.4 is 9.47 Å². The van der Waals surface area contributed by atoms with E-state index in [1.54, 1.807) is 18.6 Å². The molecule has 3 aliphatic rings. The van der Waals surface area contributed by atoms with Crippen molar-refractivity contribution in [3.8, 4) is 34.0 Å². The number of pyridine rings is 1. The molecule has 0 radical (unpaired) electrons. The third kappa shape index (κ3) is 6.05. The molecule has 8 aromatic rings. The van der Waals surface area contributed by atoms with Gasteiger partial charge in [0, 0.05) is 82.0 Å². The first kappa shape index (κ1) is 35.7. The molecule has 0 spiro atoms. The first-order valence-electron chi connectivity index (χ1n) is 20.0. The molecular weight excluding hydrogens is 719 g/mol. The number of rotatable bonds is 10. The molecule has 0 amide bonds. The Kier molecular flexibility index (Phi) is 8.62. The maximum atomic E-state index is 10.2. The van der Waals surface area contributed by atoms with Crippen LogP contribution >= 0.6 is 0 Å². The van der Waals surface area contributed by atoms with E-state index in [2.05, 4.69) is 82.8 Å². The van der Waals surface area contributed by atoms with Gasteiger partial charge >= 0.3 is 0 Å². The lowest BCUT2D eigenvalue weighted by atomic mass is 9.77. The van der Waals surface area contributed by atoms with Crippen LogP contribution in [0.2, 0.25) is 0 Å². The van der Waals surface area contributed by atoms with Crippen LogP contribution in [-0.4, -0.2) is 80.4 Å². The highest BCUT2D eigenvalue weighted by atomic mass is 16.5. The summed E-state index contributed by atoms with van der Waals surface area (Å²) in [5.74, 6) is 1.58. The van der Waals surface area contributed by atoms with E-state index in [0.29, 0.717) is 0 Å². The van der Waals surface area contributed by atoms with Gasteiger partial charge in [-0.15, -0.1) is 0 Å². The van der Waals surface area contributed by atoms with Gasteiger partial charge in [0.1, 0.15) is 33.9 Å². The predicted molar refractivity (Wildman–Crippen MR) is 220 cm³/mol. The molecule has 292 valence electrons. The smallest absolute Gasteiger partial charge is 0.156 e. The molecule has 2 aromatic carbocycles. The standard InChI is InChI=1S/C25H27N3O3.C20H20N4O2/c29-15-24(7-2-8-24)28-14-20(21-12-17-4-1-11-26-23(17)27-21)19-13-18(5-6-22(19)28)31-25(16-30)9-3-10-25;1-24-11-15(16-10-17-19(23-16)22-8-7-21-17)14-9-13(3-4-18(14)24)26-20(12-25)5-2-6-20/h1,4-6,11-14,29-30H,2-3,7-10,15-16H2,(H,26,27);3-4,7-11,25H,2,5-6,12H2,1H3,(H,22,23). The fourth-order valence-corrected chi connectivity index (χ4v) is 8.92. The van der Waals surface area contributed by atoms with E-state index in [4.69, 9.17) is 9.47 Å². The lowest BCUT2D eigenvalue weighted by Gasteiger charge is -2.42. The SMILES string of the molecule is Cn1cc(-c2cc3nccnc3[nH]2)c2cc(OC3(CO)CCC3)ccc21.OCC1(Oc2ccc3c(c2)c(-c2cc4cccnc4[nH]2)cn3C2(CO)CCC2)CCC1. The minimum Gasteiger partial charge on any atom is -0.485 e. The van der Waals surface area contributed by atoms with Crippen molar-refractivity contribution in [2.75, 3.05) is 19.8 Å². The predicted octanol–water partition coefficient (Wildman–Crippen LogP) is 7.76. The average molecular weight is 766 g/mol. The van der Waals surface area contributed by atoms with Gasteiger partial charge in [-0.3, -0.25) is 4.98 Å². The van der Waals surface area contributed by atoms with E-state index in [-0.39, 0.29) is 25.4 Å². The molecule has 5 N–H and O–H groups in total. The molecule has 57 heavy (non-hydrogen) atoms. The Morgan fingerprint density at radius 1 is 0.632 bits per heavy atom. The number of nitrogens with zero attached hydrogens (tertiary/aromatic N) is 5. The van der Waals surface area contributed by atoms with Crippen LogP contribution in [-0.2, 0) is 12.6 Å². The molecule has 0 saturated heterocycles. The van der Waals surface area contributed by atoms with Crippen LogP contribution in [0.5, 0.6) is 11.5 Å². The minimum absolute atomic E-state index is 0.0419. The molecule has 11 rings (SSSR count). The number of benzene rings is 2. The molecule has 0 atom stereocenters. The number of aryl methyl sites for hydroxylation is 1. The number of aliphatic hydroxyl groups is 3. The van der Waals surface area contributed by atoms with Crippen LogP contribution in [0.25, 0.3) is 66.5 Å². The molecule has 12 nitrogen and oxygen atoms in total. The van der Waals surface area contributed by atoms with Gasteiger partial charge in [0.15, 0.2) is 5.65 Å². The highest BCUT2D eigenvalue weighted by Crippen LogP contribution is 2.46. The van der Waals surface area contributed by atoms with Gasteiger partial charge in [0.2, 0.25) is 0 Å². The van der Waals surface area contributed by atoms with Gasteiger partial charge in [-0.1, -0.05) is 0 Å². The Hall–Kier alpha value is -5.69. The second-order valence-electron chi connectivity index (χ2n) is 16.4. The maximum absolute atomic E-state index is 10.2. The fraction of sp³-hybridized carbons (Fsp3) is 0.356. The molecule has 6 aromatic heterocycles. The number of aliphatic hydroxyl groups excluding tert-OH is 3. The van der Waals surface area contributed by atoms with E-state index in [1.165, 1.54) is 0 Å². The number of aromatic amines is 2. The van der Waals surface area contributed by atoms with Crippen LogP contribution in [0.1, 0.15) is 57.8 Å². The quantitative estimate of drug-likeness (QED) is 0.0945. The summed E-state index contributed by atoms with van der Waals surface area (Å²) in [7, 11) is 2.03. The van der Waals surface area contributed by atoms with E-state index in [1.807, 2.05) is 31.3 Å². The molecule has 6 heterocycles. The Bertz CT molecular complexity index is 2660. The van der Waals surface area contributed by atoms with Crippen LogP contribution in [0.4, 0.5) is 0 Å². The molecule has 0 aliphatic heterocycles. The number of H-pyrrole nitrogens is 2. The van der Waals surface area contributed by atoms with Gasteiger partial charge in [0.25, 0.3) is 0 Å². The van der Waals surface area contributed by atoms with Crippen molar-refractivity contribution in [3.63, 3.8) is 0 Å². The summed E-state index contributed by atoms with van der Waals surface area (Å²) in [6.07, 6.45) is 18.3. The first-order valence-corrected chi connectivity index (χ1v) is 20.0. The molecule has 3 fully saturated rings. The zero-order chi connectivity index (χ0) is 38.8. The van der Waals surface area contributed by atoms with E-state index >= 15 is 0 Å². The van der Waals surface area contributed by atoms with Gasteiger partial charge < -0.3 is 43.9 Å². The van der Waals surface area contributed by atoms with E-state index in [0.717, 1.165) is 136 Å². The summed E-state index contributed by atoms with van der Waals surface area (Å²) in [4.78, 5) is 19.9. The number of ether oxygens (including phenoxy) is 2. The summed E-state index contributed by atoms with van der Waals surface area (Å²) in [6.45, 7) is 0.239. The van der Waals surface area contributed by atoms with Crippen molar-refractivity contribution in [2.45, 2.75) is 74.5 Å². The Morgan fingerprint density at radius 2 is 1.23 bits per heavy atom. The van der Waals surface area contributed by atoms with Gasteiger partial charge in [0.05, 0.1) is 31.1 Å². The Labute approximate surface area is 329 Å². The van der Waals surface area contributed by atoms with Crippen molar-refractivity contribution < 1.29 is 24.8 Å². The van der Waals surface area contributed by atoms with Crippen LogP contribution in [0, 0.1) is 0 Å². The summed E-state index contributed by atoms with van der Waals surface area (Å²) < 4.78 is 16.8. The van der Waals surface area contributed by atoms with Crippen molar-refractivity contribution in [3.05, 3.63) is 91.6 Å². The topological polar surface area (TPSA) is 159 Å². The molecular formula is C45H47N7O5. The highest BCUT2D eigenvalue weighted by Gasteiger charge is 2.41. The average Bonchev–Trinajstić information content (AvgIpc) is 3.97. The Morgan fingerprint density at radius 3 is 1.82 bits per heavy atom. The fourth-order valence-electron chi connectivity index (χ4n) is 8.92. The van der Waals surface area contributed by atoms with Gasteiger partial charge in [-0.25, -0.2) is 9.97 Å². The lowest BCUT2D eigenvalue weighted by molar-refractivity contribution is -0.0515. The highest BCUT2D eigenvalue weighted by molar-refractivity contribution is 5.99. The summed E-state index contributed by atoms with van der Waals surface area (Å²) >= 11 is 0. The van der Waals surface area contributed by atoms with Gasteiger partial charge in [-0.05, 0) is 118 Å². The van der Waals surface area contributed by atoms with Crippen molar-refractivity contribution in [2.24, 2.45) is 7.05 Å². The zero-order valence-corrected chi connectivity index (χ0v) is 32.0. The lowest BCUT2D eigenvalue weighted by Crippen LogP contribution is -2.46. The summed E-state index contributed by atoms with van der Waals surface area (Å²) in [5.41, 5.74) is 7.76. The maximum Gasteiger partial charge on any atom is 0.156 e. The normalized spacial score (nSPS) is 17.8. The van der Waals surface area contributed by atoms with Crippen molar-refractivity contribution >= 4 is 44.0 Å². The van der Waals surface area contributed by atoms with Crippen molar-refractivity contribution in [1.29, 1.82) is 0 Å². The van der Waals surface area contributed by atoms with Gasteiger partial charge in [-0.2, -0.15) is 0 Å². The number of nitrogens with one attached hydrogen (secondary N) is 2. The monoisotopic (exact) mass is 765 g/mol. The van der Waals surface area contributed by atoms with E-state index < -0.39 is 11.2 Å². The first-order chi connectivity index (χ1) is 27.8. The van der Waals surface area contributed by atoms with Crippen LogP contribution in [0.3, 0.4) is 0 Å². The second-order valence-corrected chi connectivity index (χ2v) is 16.4. The zero-order valence-electron chi connectivity index (χ0n) is 32.0. The second kappa shape index (κ2) is 13.8. The summed E-state index contributed by atoms with van der Waals surface area (Å²) in [6, 6.07) is 20.4. The van der Waals surface area contributed by atoms with Crippen LogP contribution in [0.15, 0.2) is 91.6 Å². The Balaban J connectivity index is 0.000000141. The molecule has 0 bridgehead atoms. The largest absolute Gasteiger partial charge is 0.485 e. The summed E-state index contributed by atoms with van der Waals surface area (Å²) in [5, 5.41) is 33.0.